The molecule has 0 aliphatic heterocycles. The fourth-order valence-corrected chi connectivity index (χ4v) is 3.45. The van der Waals surface area contributed by atoms with Gasteiger partial charge in [-0.15, -0.1) is 0 Å². The van der Waals surface area contributed by atoms with E-state index in [2.05, 4.69) is 35.4 Å². The molecule has 158 valence electrons. The molecule has 5 nitrogen and oxygen atoms in total. The van der Waals surface area contributed by atoms with E-state index < -0.39 is 17.5 Å². The normalized spacial score (nSPS) is 11.2. The van der Waals surface area contributed by atoms with Crippen LogP contribution >= 0.6 is 0 Å². The number of ether oxygens (including phenoxy) is 1. The summed E-state index contributed by atoms with van der Waals surface area (Å²) in [5.41, 5.74) is 3.35. The highest BCUT2D eigenvalue weighted by molar-refractivity contribution is 6.08. The van der Waals surface area contributed by atoms with Crippen LogP contribution in [0.15, 0.2) is 54.6 Å². The first-order valence-corrected chi connectivity index (χ1v) is 9.81. The molecule has 0 aliphatic rings. The van der Waals surface area contributed by atoms with Gasteiger partial charge in [0.25, 0.3) is 5.91 Å². The number of benzene rings is 3. The highest BCUT2D eigenvalue weighted by Gasteiger charge is 2.18. The number of aromatic nitrogens is 2. The third-order valence-electron chi connectivity index (χ3n) is 5.19. The van der Waals surface area contributed by atoms with Crippen LogP contribution in [-0.4, -0.2) is 23.2 Å². The molecule has 0 radical (unpaired) electrons. The van der Waals surface area contributed by atoms with Gasteiger partial charge >= 0.3 is 0 Å². The number of aromatic amines is 1. The molecule has 7 heteroatoms. The van der Waals surface area contributed by atoms with Crippen molar-refractivity contribution in [2.45, 2.75) is 19.8 Å². The largest absolute Gasteiger partial charge is 0.496 e. The molecule has 0 spiro atoms. The summed E-state index contributed by atoms with van der Waals surface area (Å²) in [5.74, 6) is -1.70. The smallest absolute Gasteiger partial charge is 0.259 e. The molecule has 1 amide bonds. The maximum absolute atomic E-state index is 13.9. The molecule has 4 aromatic rings. The van der Waals surface area contributed by atoms with Crippen LogP contribution in [0, 0.1) is 11.6 Å². The number of methoxy groups -OCH3 is 1. The minimum Gasteiger partial charge on any atom is -0.496 e. The Labute approximate surface area is 178 Å². The highest BCUT2D eigenvalue weighted by atomic mass is 19.2. The molecular weight excluding hydrogens is 400 g/mol. The lowest BCUT2D eigenvalue weighted by molar-refractivity contribution is 0.102. The van der Waals surface area contributed by atoms with E-state index in [9.17, 15) is 13.6 Å². The van der Waals surface area contributed by atoms with E-state index in [0.29, 0.717) is 16.8 Å². The highest BCUT2D eigenvalue weighted by Crippen LogP contribution is 2.35. The SMILES string of the molecule is COc1ccc(C(C)C)cc1-c1ccc2c(NC(=O)c3cccc(F)c3F)n[nH]c2c1. The van der Waals surface area contributed by atoms with Crippen molar-refractivity contribution >= 4 is 22.6 Å². The first-order valence-electron chi connectivity index (χ1n) is 9.81. The summed E-state index contributed by atoms with van der Waals surface area (Å²) >= 11 is 0. The average molecular weight is 421 g/mol. The fraction of sp³-hybridized carbons (Fsp3) is 0.167. The second-order valence-corrected chi connectivity index (χ2v) is 7.50. The van der Waals surface area contributed by atoms with Crippen molar-refractivity contribution in [2.24, 2.45) is 0 Å². The van der Waals surface area contributed by atoms with Gasteiger partial charge < -0.3 is 10.1 Å². The molecule has 0 saturated heterocycles. The number of rotatable bonds is 5. The topological polar surface area (TPSA) is 67.0 Å². The Bertz CT molecular complexity index is 1280. The van der Waals surface area contributed by atoms with Crippen molar-refractivity contribution in [3.8, 4) is 16.9 Å². The Morgan fingerprint density at radius 1 is 1.10 bits per heavy atom. The lowest BCUT2D eigenvalue weighted by Gasteiger charge is -2.13. The van der Waals surface area contributed by atoms with Gasteiger partial charge in [0.1, 0.15) is 5.75 Å². The summed E-state index contributed by atoms with van der Waals surface area (Å²) in [7, 11) is 1.63. The van der Waals surface area contributed by atoms with Crippen molar-refractivity contribution in [2.75, 3.05) is 12.4 Å². The fourth-order valence-electron chi connectivity index (χ4n) is 3.45. The molecule has 0 bridgehead atoms. The number of carbonyl (C=O) groups is 1. The zero-order valence-electron chi connectivity index (χ0n) is 17.3. The number of anilines is 1. The van der Waals surface area contributed by atoms with E-state index in [1.54, 1.807) is 7.11 Å². The standard InChI is InChI=1S/C24H21F2N3O2/c1-13(2)14-8-10-21(31-3)18(11-14)15-7-9-16-20(12-15)28-29-23(16)27-24(30)17-5-4-6-19(25)22(17)26/h4-13H,1-3H3,(H2,27,28,29,30). The Kier molecular flexibility index (Phi) is 5.42. The molecule has 0 aliphatic carbocycles. The maximum Gasteiger partial charge on any atom is 0.259 e. The summed E-state index contributed by atoms with van der Waals surface area (Å²) in [6.45, 7) is 4.25. The molecule has 4 rings (SSSR count). The summed E-state index contributed by atoms with van der Waals surface area (Å²) in [5, 5.41) is 10.2. The van der Waals surface area contributed by atoms with Crippen molar-refractivity contribution in [1.82, 2.24) is 10.2 Å². The summed E-state index contributed by atoms with van der Waals surface area (Å²) in [4.78, 5) is 12.4. The molecule has 2 N–H and O–H groups in total. The second kappa shape index (κ2) is 8.18. The van der Waals surface area contributed by atoms with Gasteiger partial charge in [-0.1, -0.05) is 32.0 Å². The lowest BCUT2D eigenvalue weighted by atomic mass is 9.96. The first-order chi connectivity index (χ1) is 14.9. The molecule has 1 heterocycles. The lowest BCUT2D eigenvalue weighted by Crippen LogP contribution is -2.15. The number of nitrogens with zero attached hydrogens (tertiary/aromatic N) is 1. The number of amides is 1. The monoisotopic (exact) mass is 421 g/mol. The molecule has 0 unspecified atom stereocenters. The van der Waals surface area contributed by atoms with Gasteiger partial charge in [0, 0.05) is 10.9 Å². The first kappa shape index (κ1) is 20.5. The van der Waals surface area contributed by atoms with E-state index >= 15 is 0 Å². The Hall–Kier alpha value is -3.74. The summed E-state index contributed by atoms with van der Waals surface area (Å²) in [6.07, 6.45) is 0. The number of nitrogens with one attached hydrogen (secondary N) is 2. The molecule has 1 aromatic heterocycles. The Morgan fingerprint density at radius 2 is 1.90 bits per heavy atom. The molecular formula is C24H21F2N3O2. The van der Waals surface area contributed by atoms with Crippen LogP contribution in [0.25, 0.3) is 22.0 Å². The number of hydrogen-bond acceptors (Lipinski definition) is 3. The quantitative estimate of drug-likeness (QED) is 0.422. The number of fused-ring (bicyclic) bond motifs is 1. The van der Waals surface area contributed by atoms with Crippen LogP contribution in [0.5, 0.6) is 5.75 Å². The van der Waals surface area contributed by atoms with Gasteiger partial charge in [-0.05, 0) is 53.4 Å². The number of H-pyrrole nitrogens is 1. The van der Waals surface area contributed by atoms with Crippen molar-refractivity contribution < 1.29 is 18.3 Å². The van der Waals surface area contributed by atoms with E-state index in [-0.39, 0.29) is 11.4 Å². The van der Waals surface area contributed by atoms with Crippen LogP contribution in [0.3, 0.4) is 0 Å². The van der Waals surface area contributed by atoms with Gasteiger partial charge in [0.2, 0.25) is 0 Å². The zero-order chi connectivity index (χ0) is 22.1. The van der Waals surface area contributed by atoms with Crippen molar-refractivity contribution in [1.29, 1.82) is 0 Å². The summed E-state index contributed by atoms with van der Waals surface area (Å²) in [6, 6.07) is 15.2. The van der Waals surface area contributed by atoms with Gasteiger partial charge in [-0.2, -0.15) is 5.10 Å². The van der Waals surface area contributed by atoms with Crippen LogP contribution in [-0.2, 0) is 0 Å². The van der Waals surface area contributed by atoms with Crippen LogP contribution in [0.2, 0.25) is 0 Å². The van der Waals surface area contributed by atoms with Crippen LogP contribution < -0.4 is 10.1 Å². The van der Waals surface area contributed by atoms with E-state index in [0.717, 1.165) is 22.9 Å². The van der Waals surface area contributed by atoms with Gasteiger partial charge in [-0.25, -0.2) is 8.78 Å². The number of halogens is 2. The average Bonchev–Trinajstić information content (AvgIpc) is 3.16. The second-order valence-electron chi connectivity index (χ2n) is 7.50. The number of hydrogen-bond donors (Lipinski definition) is 2. The van der Waals surface area contributed by atoms with E-state index in [4.69, 9.17) is 4.74 Å². The Morgan fingerprint density at radius 3 is 2.65 bits per heavy atom. The Balaban J connectivity index is 1.69. The minimum absolute atomic E-state index is 0.234. The van der Waals surface area contributed by atoms with Gasteiger partial charge in [0.05, 0.1) is 18.2 Å². The third-order valence-corrected chi connectivity index (χ3v) is 5.19. The minimum atomic E-state index is -1.20. The van der Waals surface area contributed by atoms with Crippen LogP contribution in [0.1, 0.15) is 35.7 Å². The zero-order valence-corrected chi connectivity index (χ0v) is 17.3. The number of carbonyl (C=O) groups excluding carboxylic acids is 1. The molecule has 31 heavy (non-hydrogen) atoms. The van der Waals surface area contributed by atoms with E-state index in [1.165, 1.54) is 17.7 Å². The third kappa shape index (κ3) is 3.86. The predicted octanol–water partition coefficient (Wildman–Crippen LogP) is 5.89. The van der Waals surface area contributed by atoms with Gasteiger partial charge in [-0.3, -0.25) is 9.89 Å². The predicted molar refractivity (Wildman–Crippen MR) is 116 cm³/mol. The molecule has 3 aromatic carbocycles. The van der Waals surface area contributed by atoms with Crippen LogP contribution in [0.4, 0.5) is 14.6 Å². The molecule has 0 fully saturated rings. The molecule has 0 saturated carbocycles. The van der Waals surface area contributed by atoms with Crippen molar-refractivity contribution in [3.63, 3.8) is 0 Å². The van der Waals surface area contributed by atoms with Gasteiger partial charge in [0.15, 0.2) is 17.5 Å². The summed E-state index contributed by atoms with van der Waals surface area (Å²) < 4.78 is 32.9. The van der Waals surface area contributed by atoms with Crippen molar-refractivity contribution in [3.05, 3.63) is 77.4 Å². The molecule has 0 atom stereocenters. The van der Waals surface area contributed by atoms with E-state index in [1.807, 2.05) is 30.3 Å². The maximum atomic E-state index is 13.9.